The molecule has 0 spiro atoms. The molecule has 1 aromatic heterocycles. The predicted molar refractivity (Wildman–Crippen MR) is 108 cm³/mol. The fourth-order valence-electron chi connectivity index (χ4n) is 3.23. The summed E-state index contributed by atoms with van der Waals surface area (Å²) in [6.45, 7) is 7.40. The van der Waals surface area contributed by atoms with E-state index in [0.29, 0.717) is 22.0 Å². The Hall–Kier alpha value is -2.92. The number of aliphatic hydroxyl groups is 1. The number of carbonyl (C=O) groups is 1. The van der Waals surface area contributed by atoms with Gasteiger partial charge in [-0.25, -0.2) is 0 Å². The average molecular weight is 364 g/mol. The number of nitrogens with zero attached hydrogens (tertiary/aromatic N) is 1. The van der Waals surface area contributed by atoms with Crippen LogP contribution in [-0.2, 0) is 6.54 Å². The molecule has 140 valence electrons. The number of aromatic nitrogens is 1. The molecule has 2 N–H and O–H groups in total. The topological polar surface area (TPSA) is 71.3 Å². The third kappa shape index (κ3) is 4.09. The van der Waals surface area contributed by atoms with Crippen molar-refractivity contribution in [2.45, 2.75) is 39.8 Å². The van der Waals surface area contributed by atoms with E-state index in [1.54, 1.807) is 50.4 Å². The van der Waals surface area contributed by atoms with E-state index in [1.165, 1.54) is 4.57 Å². The highest BCUT2D eigenvalue weighted by atomic mass is 16.3. The summed E-state index contributed by atoms with van der Waals surface area (Å²) in [5.74, 6) is -0.208. The number of carbonyl (C=O) groups excluding carboxylic acids is 1. The zero-order chi connectivity index (χ0) is 19.8. The first-order valence-electron chi connectivity index (χ1n) is 8.89. The van der Waals surface area contributed by atoms with Crippen molar-refractivity contribution in [3.05, 3.63) is 75.7 Å². The maximum Gasteiger partial charge on any atom is 0.258 e. The lowest BCUT2D eigenvalue weighted by Gasteiger charge is -2.19. The highest BCUT2D eigenvalue weighted by molar-refractivity contribution is 6.09. The van der Waals surface area contributed by atoms with E-state index in [9.17, 15) is 14.7 Å². The SMILES string of the molecule is Cc1ccc(C(=O)Nc2cccc3c(=O)n(CC(C)(C)O)ccc23)c(C)c1. The van der Waals surface area contributed by atoms with E-state index in [0.717, 1.165) is 11.1 Å². The lowest BCUT2D eigenvalue weighted by atomic mass is 10.0. The van der Waals surface area contributed by atoms with Gasteiger partial charge in [0.2, 0.25) is 0 Å². The Morgan fingerprint density at radius 2 is 1.85 bits per heavy atom. The summed E-state index contributed by atoms with van der Waals surface area (Å²) in [6.07, 6.45) is 1.65. The molecule has 5 heteroatoms. The molecular weight excluding hydrogens is 340 g/mol. The Bertz CT molecular complexity index is 1080. The highest BCUT2D eigenvalue weighted by Gasteiger charge is 2.16. The van der Waals surface area contributed by atoms with Gasteiger partial charge < -0.3 is 15.0 Å². The molecule has 0 saturated heterocycles. The minimum Gasteiger partial charge on any atom is -0.389 e. The number of fused-ring (bicyclic) bond motifs is 1. The smallest absolute Gasteiger partial charge is 0.258 e. The van der Waals surface area contributed by atoms with E-state index in [-0.39, 0.29) is 18.0 Å². The van der Waals surface area contributed by atoms with Gasteiger partial charge in [-0.05, 0) is 57.5 Å². The van der Waals surface area contributed by atoms with Crippen LogP contribution in [0.3, 0.4) is 0 Å². The number of nitrogens with one attached hydrogen (secondary N) is 1. The molecular formula is C22H24N2O3. The van der Waals surface area contributed by atoms with Crippen LogP contribution in [0.1, 0.15) is 35.3 Å². The summed E-state index contributed by atoms with van der Waals surface area (Å²) in [6, 6.07) is 12.7. The number of pyridine rings is 1. The van der Waals surface area contributed by atoms with Gasteiger partial charge in [-0.15, -0.1) is 0 Å². The Morgan fingerprint density at radius 3 is 2.52 bits per heavy atom. The van der Waals surface area contributed by atoms with Gasteiger partial charge in [0.15, 0.2) is 0 Å². The van der Waals surface area contributed by atoms with E-state index in [2.05, 4.69) is 5.32 Å². The molecule has 2 aromatic carbocycles. The summed E-state index contributed by atoms with van der Waals surface area (Å²) in [5, 5.41) is 14.1. The van der Waals surface area contributed by atoms with E-state index in [1.807, 2.05) is 26.0 Å². The maximum atomic E-state index is 12.7. The Morgan fingerprint density at radius 1 is 1.11 bits per heavy atom. The minimum atomic E-state index is -0.994. The second-order valence-corrected chi connectivity index (χ2v) is 7.60. The van der Waals surface area contributed by atoms with Crippen molar-refractivity contribution >= 4 is 22.4 Å². The first-order valence-corrected chi connectivity index (χ1v) is 8.89. The Balaban J connectivity index is 1.99. The molecule has 0 radical (unpaired) electrons. The van der Waals surface area contributed by atoms with Crippen LogP contribution >= 0.6 is 0 Å². The maximum absolute atomic E-state index is 12.7. The van der Waals surface area contributed by atoms with Gasteiger partial charge >= 0.3 is 0 Å². The van der Waals surface area contributed by atoms with Crippen LogP contribution in [0.5, 0.6) is 0 Å². The van der Waals surface area contributed by atoms with Crippen LogP contribution in [0.15, 0.2) is 53.5 Å². The molecule has 0 saturated carbocycles. The van der Waals surface area contributed by atoms with Crippen LogP contribution < -0.4 is 10.9 Å². The number of anilines is 1. The second kappa shape index (κ2) is 7.00. The second-order valence-electron chi connectivity index (χ2n) is 7.60. The molecule has 0 atom stereocenters. The third-order valence-electron chi connectivity index (χ3n) is 4.45. The molecule has 0 aliphatic rings. The van der Waals surface area contributed by atoms with Crippen LogP contribution in [0, 0.1) is 13.8 Å². The molecule has 5 nitrogen and oxygen atoms in total. The van der Waals surface area contributed by atoms with Gasteiger partial charge in [-0.3, -0.25) is 9.59 Å². The molecule has 27 heavy (non-hydrogen) atoms. The fraction of sp³-hybridized carbons (Fsp3) is 0.273. The Kier molecular flexibility index (Phi) is 4.89. The van der Waals surface area contributed by atoms with E-state index >= 15 is 0 Å². The van der Waals surface area contributed by atoms with Crippen molar-refractivity contribution in [2.75, 3.05) is 5.32 Å². The van der Waals surface area contributed by atoms with Crippen molar-refractivity contribution in [3.63, 3.8) is 0 Å². The molecule has 1 heterocycles. The standard InChI is InChI=1S/C22H24N2O3/c1-14-8-9-16(15(2)12-14)20(25)23-19-7-5-6-18-17(19)10-11-24(21(18)26)13-22(3,4)27/h5-12,27H,13H2,1-4H3,(H,23,25). The first kappa shape index (κ1) is 18.9. The lowest BCUT2D eigenvalue weighted by molar-refractivity contribution is 0.0606. The zero-order valence-corrected chi connectivity index (χ0v) is 16.0. The average Bonchev–Trinajstić information content (AvgIpc) is 2.56. The van der Waals surface area contributed by atoms with Crippen molar-refractivity contribution in [1.82, 2.24) is 4.57 Å². The largest absolute Gasteiger partial charge is 0.389 e. The van der Waals surface area contributed by atoms with E-state index in [4.69, 9.17) is 0 Å². The fourth-order valence-corrected chi connectivity index (χ4v) is 3.23. The van der Waals surface area contributed by atoms with Crippen molar-refractivity contribution in [2.24, 2.45) is 0 Å². The molecule has 3 rings (SSSR count). The number of aryl methyl sites for hydroxylation is 2. The normalized spacial score (nSPS) is 11.6. The van der Waals surface area contributed by atoms with Gasteiger partial charge in [0, 0.05) is 28.2 Å². The van der Waals surface area contributed by atoms with Crippen molar-refractivity contribution < 1.29 is 9.90 Å². The van der Waals surface area contributed by atoms with Crippen LogP contribution in [0.2, 0.25) is 0 Å². The van der Waals surface area contributed by atoms with Gasteiger partial charge in [-0.1, -0.05) is 23.8 Å². The third-order valence-corrected chi connectivity index (χ3v) is 4.45. The lowest BCUT2D eigenvalue weighted by Crippen LogP contribution is -2.32. The Labute approximate surface area is 158 Å². The number of benzene rings is 2. The number of amides is 1. The van der Waals surface area contributed by atoms with Crippen LogP contribution in [-0.4, -0.2) is 21.2 Å². The van der Waals surface area contributed by atoms with Gasteiger partial charge in [-0.2, -0.15) is 0 Å². The monoisotopic (exact) mass is 364 g/mol. The number of rotatable bonds is 4. The van der Waals surface area contributed by atoms with Gasteiger partial charge in [0.05, 0.1) is 12.1 Å². The number of hydrogen-bond donors (Lipinski definition) is 2. The first-order chi connectivity index (χ1) is 12.7. The van der Waals surface area contributed by atoms with E-state index < -0.39 is 5.60 Å². The summed E-state index contributed by atoms with van der Waals surface area (Å²) < 4.78 is 1.48. The predicted octanol–water partition coefficient (Wildman–Crippen LogP) is 3.64. The number of hydrogen-bond acceptors (Lipinski definition) is 3. The zero-order valence-electron chi connectivity index (χ0n) is 16.0. The summed E-state index contributed by atoms with van der Waals surface area (Å²) >= 11 is 0. The molecule has 1 amide bonds. The highest BCUT2D eigenvalue weighted by Crippen LogP contribution is 2.22. The quantitative estimate of drug-likeness (QED) is 0.742. The molecule has 3 aromatic rings. The minimum absolute atomic E-state index is 0.195. The molecule has 0 aliphatic heterocycles. The molecule has 0 bridgehead atoms. The summed E-state index contributed by atoms with van der Waals surface area (Å²) in [7, 11) is 0. The van der Waals surface area contributed by atoms with Crippen molar-refractivity contribution in [3.8, 4) is 0 Å². The summed E-state index contributed by atoms with van der Waals surface area (Å²) in [5.41, 5.74) is 2.00. The summed E-state index contributed by atoms with van der Waals surface area (Å²) in [4.78, 5) is 25.4. The van der Waals surface area contributed by atoms with Gasteiger partial charge in [0.25, 0.3) is 11.5 Å². The van der Waals surface area contributed by atoms with Crippen molar-refractivity contribution in [1.29, 1.82) is 0 Å². The molecule has 0 unspecified atom stereocenters. The van der Waals surface area contributed by atoms with Crippen LogP contribution in [0.25, 0.3) is 10.8 Å². The molecule has 0 fully saturated rings. The van der Waals surface area contributed by atoms with Crippen LogP contribution in [0.4, 0.5) is 5.69 Å². The van der Waals surface area contributed by atoms with Gasteiger partial charge in [0.1, 0.15) is 0 Å². The molecule has 0 aliphatic carbocycles.